The number of aryl methyl sites for hydroxylation is 1. The highest BCUT2D eigenvalue weighted by Crippen LogP contribution is 2.03. The SMILES string of the molecule is Cn1cc(Br)c(=O)c(C(=O)O)c1.O=C(O)c1c[nH]cc(Br)c1=O.[2H-]. The predicted octanol–water partition coefficient (Wildman–Crippen LogP) is 1.79. The van der Waals surface area contributed by atoms with Gasteiger partial charge < -0.3 is 21.2 Å². The topological polar surface area (TPSA) is 129 Å². The lowest BCUT2D eigenvalue weighted by Crippen LogP contribution is -2.17. The Hall–Kier alpha value is -2.20. The Morgan fingerprint density at radius 3 is 2.00 bits per heavy atom. The molecule has 0 unspecified atom stereocenters. The van der Waals surface area contributed by atoms with Crippen LogP contribution in [-0.4, -0.2) is 31.7 Å². The largest absolute Gasteiger partial charge is 1.00 e. The Bertz CT molecular complexity index is 877. The number of pyridine rings is 2. The number of carboxylic acids is 2. The number of nitrogens with zero attached hydrogens (tertiary/aromatic N) is 1. The highest BCUT2D eigenvalue weighted by molar-refractivity contribution is 9.10. The molecule has 0 saturated heterocycles. The van der Waals surface area contributed by atoms with Crippen LogP contribution >= 0.6 is 31.9 Å². The van der Waals surface area contributed by atoms with E-state index in [1.54, 1.807) is 7.05 Å². The summed E-state index contributed by atoms with van der Waals surface area (Å²) in [7, 11) is 1.65. The summed E-state index contributed by atoms with van der Waals surface area (Å²) in [4.78, 5) is 45.4. The van der Waals surface area contributed by atoms with Gasteiger partial charge in [-0.1, -0.05) is 0 Å². The number of hydrogen-bond acceptors (Lipinski definition) is 4. The minimum atomic E-state index is -1.23. The van der Waals surface area contributed by atoms with Crippen LogP contribution in [0.15, 0.2) is 43.3 Å². The lowest BCUT2D eigenvalue weighted by Gasteiger charge is -2.00. The Morgan fingerprint density at radius 1 is 1.00 bits per heavy atom. The van der Waals surface area contributed by atoms with Gasteiger partial charge in [-0.15, -0.1) is 0 Å². The lowest BCUT2D eigenvalue weighted by atomic mass is 10.3. The zero-order chi connectivity index (χ0) is 17.7. The molecule has 0 spiro atoms. The molecule has 2 aromatic rings. The molecule has 0 aliphatic carbocycles. The maximum absolute atomic E-state index is 11.1. The molecule has 8 nitrogen and oxygen atoms in total. The number of aromatic carboxylic acids is 2. The number of H-pyrrole nitrogens is 1. The summed E-state index contributed by atoms with van der Waals surface area (Å²) in [6.07, 6.45) is 5.31. The number of aromatic amines is 1. The average molecular weight is 452 g/mol. The second kappa shape index (κ2) is 7.88. The fourth-order valence-electron chi connectivity index (χ4n) is 1.43. The molecule has 0 aromatic carbocycles. The van der Waals surface area contributed by atoms with Crippen molar-refractivity contribution in [1.29, 1.82) is 0 Å². The van der Waals surface area contributed by atoms with Gasteiger partial charge in [0.2, 0.25) is 10.9 Å². The lowest BCUT2D eigenvalue weighted by molar-refractivity contribution is 0.0684. The summed E-state index contributed by atoms with van der Waals surface area (Å²) < 4.78 is 1.98. The van der Waals surface area contributed by atoms with Crippen molar-refractivity contribution in [3.8, 4) is 0 Å². The van der Waals surface area contributed by atoms with Crippen LogP contribution in [0.3, 0.4) is 0 Å². The molecular weight excluding hydrogens is 440 g/mol. The zero-order valence-electron chi connectivity index (χ0n) is 12.5. The highest BCUT2D eigenvalue weighted by atomic mass is 79.9. The molecule has 0 fully saturated rings. The Morgan fingerprint density at radius 2 is 1.52 bits per heavy atom. The van der Waals surface area contributed by atoms with Gasteiger partial charge in [0.15, 0.2) is 0 Å². The summed E-state index contributed by atoms with van der Waals surface area (Å²) in [5, 5.41) is 17.0. The number of carbonyl (C=O) groups is 2. The zero-order valence-corrected chi connectivity index (χ0v) is 14.7. The molecule has 0 aliphatic rings. The molecule has 2 heterocycles. The van der Waals surface area contributed by atoms with E-state index in [1.807, 2.05) is 0 Å². The molecule has 3 N–H and O–H groups in total. The molecule has 10 heteroatoms. The number of aromatic nitrogens is 2. The molecule has 0 atom stereocenters. The van der Waals surface area contributed by atoms with Gasteiger partial charge >= 0.3 is 11.9 Å². The van der Waals surface area contributed by atoms with Gasteiger partial charge in [-0.25, -0.2) is 9.59 Å². The van der Waals surface area contributed by atoms with Crippen LogP contribution in [0.1, 0.15) is 22.1 Å². The third-order valence-corrected chi connectivity index (χ3v) is 3.63. The van der Waals surface area contributed by atoms with Crippen LogP contribution in [0.5, 0.6) is 0 Å². The van der Waals surface area contributed by atoms with E-state index in [0.29, 0.717) is 0 Å². The van der Waals surface area contributed by atoms with E-state index in [0.717, 1.165) is 6.20 Å². The number of hydrogen-bond donors (Lipinski definition) is 3. The maximum Gasteiger partial charge on any atom is 0.341 e. The van der Waals surface area contributed by atoms with Crippen molar-refractivity contribution in [2.24, 2.45) is 7.05 Å². The predicted molar refractivity (Wildman–Crippen MR) is 89.2 cm³/mol. The number of carboxylic acid groups (broad SMARTS) is 2. The standard InChI is InChI=1S/C7H6BrNO3.C6H4BrNO3.H/c1-9-2-4(7(11)12)6(10)5(8)3-9;7-4-2-8-1-3(5(4)9)6(10)11;/h2-3H,1H3,(H,11,12);1-2H,(H,8,9)(H,10,11);/q;;-1/i;;1+1. The molecular formula is C13H11Br2N2O6-. The second-order valence-electron chi connectivity index (χ2n) is 4.17. The van der Waals surface area contributed by atoms with Crippen molar-refractivity contribution in [1.82, 2.24) is 9.55 Å². The van der Waals surface area contributed by atoms with Crippen LogP contribution < -0.4 is 10.9 Å². The Kier molecular flexibility index (Phi) is 6.46. The molecule has 0 aliphatic heterocycles. The van der Waals surface area contributed by atoms with E-state index < -0.39 is 22.8 Å². The van der Waals surface area contributed by atoms with Crippen LogP contribution in [-0.2, 0) is 7.05 Å². The van der Waals surface area contributed by atoms with E-state index in [4.69, 9.17) is 10.2 Å². The molecule has 2 rings (SSSR count). The first-order valence-corrected chi connectivity index (χ1v) is 7.42. The van der Waals surface area contributed by atoms with E-state index in [1.165, 1.54) is 23.2 Å². The Labute approximate surface area is 147 Å². The number of halogens is 2. The fourth-order valence-corrected chi connectivity index (χ4v) is 2.32. The maximum atomic E-state index is 11.1. The first kappa shape index (κ1) is 18.8. The van der Waals surface area contributed by atoms with Gasteiger partial charge in [0, 0.05) is 31.8 Å². The Balaban J connectivity index is 0.000000425. The van der Waals surface area contributed by atoms with Crippen LogP contribution in [0.4, 0.5) is 0 Å². The van der Waals surface area contributed by atoms with E-state index >= 15 is 0 Å². The molecule has 2 aromatic heterocycles. The first-order chi connectivity index (χ1) is 10.6. The molecule has 0 saturated carbocycles. The van der Waals surface area contributed by atoms with Crippen molar-refractivity contribution in [3.63, 3.8) is 0 Å². The van der Waals surface area contributed by atoms with E-state index in [2.05, 4.69) is 36.8 Å². The average Bonchev–Trinajstić information content (AvgIpc) is 2.46. The smallest absolute Gasteiger partial charge is 0.341 e. The van der Waals surface area contributed by atoms with E-state index in [9.17, 15) is 19.2 Å². The summed E-state index contributed by atoms with van der Waals surface area (Å²) in [5.74, 6) is -2.44. The summed E-state index contributed by atoms with van der Waals surface area (Å²) in [6.45, 7) is 0. The van der Waals surface area contributed by atoms with Gasteiger partial charge in [-0.05, 0) is 31.9 Å². The van der Waals surface area contributed by atoms with Crippen LogP contribution in [0, 0.1) is 0 Å². The summed E-state index contributed by atoms with van der Waals surface area (Å²) in [5.41, 5.74) is -1.51. The summed E-state index contributed by atoms with van der Waals surface area (Å²) >= 11 is 5.88. The normalized spacial score (nSPS) is 9.70. The van der Waals surface area contributed by atoms with Crippen molar-refractivity contribution in [3.05, 3.63) is 65.3 Å². The quantitative estimate of drug-likeness (QED) is 0.638. The highest BCUT2D eigenvalue weighted by Gasteiger charge is 2.10. The molecule has 0 amide bonds. The molecule has 0 bridgehead atoms. The monoisotopic (exact) mass is 450 g/mol. The number of rotatable bonds is 2. The minimum absolute atomic E-state index is 0. The van der Waals surface area contributed by atoms with Crippen molar-refractivity contribution < 1.29 is 21.2 Å². The van der Waals surface area contributed by atoms with Gasteiger partial charge in [-0.3, -0.25) is 9.59 Å². The van der Waals surface area contributed by atoms with E-state index in [-0.39, 0.29) is 21.5 Å². The fraction of sp³-hybridized carbons (Fsp3) is 0.0769. The van der Waals surface area contributed by atoms with Crippen molar-refractivity contribution in [2.45, 2.75) is 0 Å². The van der Waals surface area contributed by atoms with Crippen LogP contribution in [0.2, 0.25) is 0 Å². The van der Waals surface area contributed by atoms with Gasteiger partial charge in [0.05, 0.1) is 8.95 Å². The minimum Gasteiger partial charge on any atom is -1.00 e. The van der Waals surface area contributed by atoms with Crippen LogP contribution in [0.25, 0.3) is 0 Å². The molecule has 124 valence electrons. The van der Waals surface area contributed by atoms with Crippen molar-refractivity contribution >= 4 is 43.8 Å². The third kappa shape index (κ3) is 4.89. The molecule has 23 heavy (non-hydrogen) atoms. The first-order valence-electron chi connectivity index (χ1n) is 5.84. The number of nitrogens with one attached hydrogen (secondary N) is 1. The third-order valence-electron chi connectivity index (χ3n) is 2.47. The van der Waals surface area contributed by atoms with Gasteiger partial charge in [-0.2, -0.15) is 0 Å². The van der Waals surface area contributed by atoms with Gasteiger partial charge in [0.1, 0.15) is 11.1 Å². The van der Waals surface area contributed by atoms with Crippen molar-refractivity contribution in [2.75, 3.05) is 0 Å². The van der Waals surface area contributed by atoms with Gasteiger partial charge in [0.25, 0.3) is 0 Å². The summed E-state index contributed by atoms with van der Waals surface area (Å²) in [6, 6.07) is 0. The second-order valence-corrected chi connectivity index (χ2v) is 5.88. The molecule has 0 radical (unpaired) electrons.